The van der Waals surface area contributed by atoms with Gasteiger partial charge in [-0.1, -0.05) is 12.1 Å². The van der Waals surface area contributed by atoms with Crippen LogP contribution in [0, 0.1) is 19.7 Å². The average Bonchev–Trinajstić information content (AvgIpc) is 3.01. The Balaban J connectivity index is 1.82. The van der Waals surface area contributed by atoms with E-state index in [1.54, 1.807) is 42.5 Å². The summed E-state index contributed by atoms with van der Waals surface area (Å²) in [5.41, 5.74) is 3.37. The second-order valence-corrected chi connectivity index (χ2v) is 6.30. The van der Waals surface area contributed by atoms with Gasteiger partial charge in [-0.2, -0.15) is 0 Å². The van der Waals surface area contributed by atoms with Crippen molar-refractivity contribution in [3.05, 3.63) is 82.9 Å². The van der Waals surface area contributed by atoms with Gasteiger partial charge in [-0.05, 0) is 56.3 Å². The number of aryl methyl sites for hydroxylation is 1. The van der Waals surface area contributed by atoms with Crippen molar-refractivity contribution in [2.75, 3.05) is 13.7 Å². The highest BCUT2D eigenvalue weighted by molar-refractivity contribution is 5.98. The molecule has 0 saturated heterocycles. The first-order chi connectivity index (χ1) is 13.4. The van der Waals surface area contributed by atoms with Crippen molar-refractivity contribution < 1.29 is 23.5 Å². The molecule has 0 aliphatic rings. The summed E-state index contributed by atoms with van der Waals surface area (Å²) in [4.78, 5) is 24.2. The first-order valence-corrected chi connectivity index (χ1v) is 8.70. The van der Waals surface area contributed by atoms with Crippen molar-refractivity contribution in [1.29, 1.82) is 0 Å². The molecule has 144 valence electrons. The minimum atomic E-state index is -0.508. The number of ether oxygens (including phenoxy) is 2. The third-order valence-electron chi connectivity index (χ3n) is 4.47. The number of hydrogen-bond donors (Lipinski definition) is 0. The Morgan fingerprint density at radius 3 is 2.36 bits per heavy atom. The number of methoxy groups -OCH3 is 1. The smallest absolute Gasteiger partial charge is 0.337 e. The van der Waals surface area contributed by atoms with Gasteiger partial charge in [-0.3, -0.25) is 4.79 Å². The first-order valence-electron chi connectivity index (χ1n) is 8.70. The normalized spacial score (nSPS) is 10.6. The summed E-state index contributed by atoms with van der Waals surface area (Å²) in [6.45, 7) is 3.46. The second kappa shape index (κ2) is 8.08. The van der Waals surface area contributed by atoms with E-state index in [2.05, 4.69) is 0 Å². The fourth-order valence-electron chi connectivity index (χ4n) is 3.09. The number of benzene rings is 2. The standard InChI is InChI=1S/C22H20FNO4/c1-14-12-18(20(25)13-28-21-7-5-4-6-19(21)23)15(2)24(14)17-10-8-16(9-11-17)22(26)27-3/h4-12H,13H2,1-3H3. The van der Waals surface area contributed by atoms with Gasteiger partial charge >= 0.3 is 5.97 Å². The molecule has 0 aliphatic heterocycles. The van der Waals surface area contributed by atoms with Crippen LogP contribution in [0.25, 0.3) is 5.69 Å². The van der Waals surface area contributed by atoms with Crippen LogP contribution in [-0.4, -0.2) is 30.0 Å². The fraction of sp³-hybridized carbons (Fsp3) is 0.182. The van der Waals surface area contributed by atoms with Gasteiger partial charge < -0.3 is 14.0 Å². The number of rotatable bonds is 6. The number of carbonyl (C=O) groups is 2. The molecule has 1 heterocycles. The highest BCUT2D eigenvalue weighted by Crippen LogP contribution is 2.23. The van der Waals surface area contributed by atoms with E-state index < -0.39 is 11.8 Å². The Kier molecular flexibility index (Phi) is 5.59. The number of nitrogens with zero attached hydrogens (tertiary/aromatic N) is 1. The topological polar surface area (TPSA) is 57.5 Å². The summed E-state index contributed by atoms with van der Waals surface area (Å²) >= 11 is 0. The van der Waals surface area contributed by atoms with Crippen LogP contribution in [0.15, 0.2) is 54.6 Å². The van der Waals surface area contributed by atoms with Crippen LogP contribution in [0.4, 0.5) is 4.39 Å². The number of halogens is 1. The van der Waals surface area contributed by atoms with E-state index in [4.69, 9.17) is 9.47 Å². The number of Topliss-reactive ketones (excluding diaryl/α,β-unsaturated/α-hetero) is 1. The van der Waals surface area contributed by atoms with Crippen molar-refractivity contribution in [2.45, 2.75) is 13.8 Å². The Hall–Kier alpha value is -3.41. The van der Waals surface area contributed by atoms with Crippen LogP contribution in [0.2, 0.25) is 0 Å². The number of hydrogen-bond acceptors (Lipinski definition) is 4. The molecule has 0 aliphatic carbocycles. The van der Waals surface area contributed by atoms with E-state index in [9.17, 15) is 14.0 Å². The van der Waals surface area contributed by atoms with E-state index in [-0.39, 0.29) is 18.1 Å². The fourth-order valence-corrected chi connectivity index (χ4v) is 3.09. The van der Waals surface area contributed by atoms with Gasteiger partial charge in [-0.15, -0.1) is 0 Å². The zero-order valence-corrected chi connectivity index (χ0v) is 15.9. The zero-order valence-electron chi connectivity index (χ0n) is 15.9. The Morgan fingerprint density at radius 1 is 1.04 bits per heavy atom. The molecule has 3 aromatic rings. The van der Waals surface area contributed by atoms with Crippen LogP contribution < -0.4 is 4.74 Å². The van der Waals surface area contributed by atoms with Gasteiger partial charge in [0, 0.05) is 22.6 Å². The van der Waals surface area contributed by atoms with Crippen molar-refractivity contribution in [3.8, 4) is 11.4 Å². The predicted octanol–water partition coefficient (Wildman–Crippen LogP) is 4.28. The SMILES string of the molecule is COC(=O)c1ccc(-n2c(C)cc(C(=O)COc3ccccc3F)c2C)cc1. The molecule has 3 rings (SSSR count). The summed E-state index contributed by atoms with van der Waals surface area (Å²) in [5.74, 6) is -1.11. The molecule has 2 aromatic carbocycles. The average molecular weight is 381 g/mol. The Bertz CT molecular complexity index is 1020. The lowest BCUT2D eigenvalue weighted by molar-refractivity contribution is 0.0600. The van der Waals surface area contributed by atoms with Gasteiger partial charge in [0.25, 0.3) is 0 Å². The summed E-state index contributed by atoms with van der Waals surface area (Å²) in [7, 11) is 1.33. The summed E-state index contributed by atoms with van der Waals surface area (Å²) in [6.07, 6.45) is 0. The molecule has 6 heteroatoms. The molecule has 0 fully saturated rings. The van der Waals surface area contributed by atoms with E-state index in [0.717, 1.165) is 17.1 Å². The van der Waals surface area contributed by atoms with E-state index in [0.29, 0.717) is 11.1 Å². The number of aromatic nitrogens is 1. The molecule has 0 atom stereocenters. The molecular formula is C22H20FNO4. The number of ketones is 1. The van der Waals surface area contributed by atoms with Crippen molar-refractivity contribution in [3.63, 3.8) is 0 Å². The van der Waals surface area contributed by atoms with Crippen LogP contribution in [0.1, 0.15) is 32.1 Å². The minimum absolute atomic E-state index is 0.0445. The molecule has 28 heavy (non-hydrogen) atoms. The molecule has 0 spiro atoms. The third kappa shape index (κ3) is 3.81. The molecule has 0 amide bonds. The molecule has 0 N–H and O–H groups in total. The minimum Gasteiger partial charge on any atom is -0.482 e. The van der Waals surface area contributed by atoms with E-state index in [1.807, 2.05) is 18.4 Å². The van der Waals surface area contributed by atoms with Crippen LogP contribution in [0.5, 0.6) is 5.75 Å². The van der Waals surface area contributed by atoms with Crippen LogP contribution in [-0.2, 0) is 4.74 Å². The maximum absolute atomic E-state index is 13.7. The van der Waals surface area contributed by atoms with E-state index >= 15 is 0 Å². The third-order valence-corrected chi connectivity index (χ3v) is 4.47. The number of carbonyl (C=O) groups excluding carboxylic acids is 2. The summed E-state index contributed by atoms with van der Waals surface area (Å²) in [5, 5.41) is 0. The molecule has 0 unspecified atom stereocenters. The molecule has 0 radical (unpaired) electrons. The largest absolute Gasteiger partial charge is 0.482 e. The highest BCUT2D eigenvalue weighted by atomic mass is 19.1. The molecular weight excluding hydrogens is 361 g/mol. The van der Waals surface area contributed by atoms with Crippen molar-refractivity contribution in [2.24, 2.45) is 0 Å². The lowest BCUT2D eigenvalue weighted by atomic mass is 10.1. The summed E-state index contributed by atoms with van der Waals surface area (Å²) in [6, 6.07) is 14.7. The van der Waals surface area contributed by atoms with Gasteiger partial charge in [0.15, 0.2) is 18.2 Å². The molecule has 0 saturated carbocycles. The molecule has 0 bridgehead atoms. The maximum atomic E-state index is 13.7. The first kappa shape index (κ1) is 19.4. The quantitative estimate of drug-likeness (QED) is 0.472. The zero-order chi connectivity index (χ0) is 20.3. The number of esters is 1. The molecule has 5 nitrogen and oxygen atoms in total. The predicted molar refractivity (Wildman–Crippen MR) is 103 cm³/mol. The Morgan fingerprint density at radius 2 is 1.71 bits per heavy atom. The van der Waals surface area contributed by atoms with E-state index in [1.165, 1.54) is 19.2 Å². The second-order valence-electron chi connectivity index (χ2n) is 6.30. The van der Waals surface area contributed by atoms with Gasteiger partial charge in [0.1, 0.15) is 0 Å². The van der Waals surface area contributed by atoms with Crippen LogP contribution >= 0.6 is 0 Å². The Labute approximate surface area is 162 Å². The lowest BCUT2D eigenvalue weighted by Crippen LogP contribution is -2.13. The van der Waals surface area contributed by atoms with Crippen molar-refractivity contribution in [1.82, 2.24) is 4.57 Å². The van der Waals surface area contributed by atoms with Crippen molar-refractivity contribution >= 4 is 11.8 Å². The monoisotopic (exact) mass is 381 g/mol. The summed E-state index contributed by atoms with van der Waals surface area (Å²) < 4.78 is 25.6. The maximum Gasteiger partial charge on any atom is 0.337 e. The van der Waals surface area contributed by atoms with Gasteiger partial charge in [0.05, 0.1) is 12.7 Å². The van der Waals surface area contributed by atoms with Crippen LogP contribution in [0.3, 0.4) is 0 Å². The van der Waals surface area contributed by atoms with Gasteiger partial charge in [-0.25, -0.2) is 9.18 Å². The highest BCUT2D eigenvalue weighted by Gasteiger charge is 2.18. The van der Waals surface area contributed by atoms with Gasteiger partial charge in [0.2, 0.25) is 5.78 Å². The lowest BCUT2D eigenvalue weighted by Gasteiger charge is -2.11. The number of para-hydroxylation sites is 1. The molecule has 1 aromatic heterocycles.